The molecule has 0 aliphatic carbocycles. The van der Waals surface area contributed by atoms with E-state index in [0.717, 1.165) is 37.6 Å². The molecule has 0 bridgehead atoms. The van der Waals surface area contributed by atoms with Crippen molar-refractivity contribution >= 4 is 70.8 Å². The largest absolute Gasteiger partial charge is 0.460 e. The number of rotatable bonds is 16. The third-order valence-electron chi connectivity index (χ3n) is 8.96. The predicted molar refractivity (Wildman–Crippen MR) is 264 cm³/mol. The monoisotopic (exact) mass is 1090 g/mol. The van der Waals surface area contributed by atoms with Crippen molar-refractivity contribution in [2.24, 2.45) is 49.3 Å². The topological polar surface area (TPSA) is 384 Å². The van der Waals surface area contributed by atoms with E-state index >= 15 is 0 Å². The van der Waals surface area contributed by atoms with E-state index in [1.54, 1.807) is 33.8 Å². The fraction of sp³-hybridized carbons (Fsp3) is 0.362. The molecule has 1 heterocycles. The van der Waals surface area contributed by atoms with E-state index in [9.17, 15) is 60.3 Å². The molecule has 0 aromatic heterocycles. The number of amides is 4. The van der Waals surface area contributed by atoms with Gasteiger partial charge in [-0.05, 0) is 76.3 Å². The Balaban J connectivity index is 0.000000514. The SMILES string of the molecule is CCOC(=O)C(N)=NNC(=O)CC1CCCOC1.CCOC(=O)C(N)=NNC(=O)Cc1c(F)cccc1F.CCOC(=O)C(N)=NNC(=O)Cc1cccc(F)c1F.CCOC(=O)C(N)=NNC(=O)Cc1ccccc1F. The smallest absolute Gasteiger partial charge is 0.375 e. The Labute approximate surface area is 437 Å². The van der Waals surface area contributed by atoms with Crippen LogP contribution in [0.4, 0.5) is 22.0 Å². The Morgan fingerprint density at radius 2 is 0.870 bits per heavy atom. The normalized spacial score (nSPS) is 13.2. The van der Waals surface area contributed by atoms with Crippen LogP contribution in [0.15, 0.2) is 81.1 Å². The fourth-order valence-electron chi connectivity index (χ4n) is 5.42. The van der Waals surface area contributed by atoms with Crippen LogP contribution in [-0.2, 0) is 81.3 Å². The second kappa shape index (κ2) is 36.8. The van der Waals surface area contributed by atoms with Crippen molar-refractivity contribution in [3.05, 3.63) is 106 Å². The highest BCUT2D eigenvalue weighted by Crippen LogP contribution is 2.17. The molecule has 0 saturated carbocycles. The number of hydrazone groups is 4. The molecule has 420 valence electrons. The number of amidine groups is 4. The van der Waals surface area contributed by atoms with E-state index in [2.05, 4.69) is 50.2 Å². The van der Waals surface area contributed by atoms with E-state index in [0.29, 0.717) is 13.0 Å². The van der Waals surface area contributed by atoms with E-state index in [4.69, 9.17) is 27.7 Å². The zero-order chi connectivity index (χ0) is 57.9. The number of carbonyl (C=O) groups is 8. The third-order valence-corrected chi connectivity index (χ3v) is 8.96. The number of ether oxygens (including phenoxy) is 5. The van der Waals surface area contributed by atoms with Crippen molar-refractivity contribution in [1.29, 1.82) is 0 Å². The van der Waals surface area contributed by atoms with Gasteiger partial charge >= 0.3 is 23.9 Å². The van der Waals surface area contributed by atoms with Gasteiger partial charge in [-0.2, -0.15) is 0 Å². The van der Waals surface area contributed by atoms with Crippen molar-refractivity contribution in [3.63, 3.8) is 0 Å². The van der Waals surface area contributed by atoms with Gasteiger partial charge in [0, 0.05) is 30.8 Å². The summed E-state index contributed by atoms with van der Waals surface area (Å²) in [5.74, 6) is -11.8. The molecule has 77 heavy (non-hydrogen) atoms. The van der Waals surface area contributed by atoms with Crippen molar-refractivity contribution in [2.75, 3.05) is 39.6 Å². The Hall–Kier alpha value is -9.09. The summed E-state index contributed by atoms with van der Waals surface area (Å²) in [7, 11) is 0. The van der Waals surface area contributed by atoms with E-state index in [1.165, 1.54) is 36.4 Å². The molecule has 25 nitrogen and oxygen atoms in total. The van der Waals surface area contributed by atoms with E-state index in [1.807, 2.05) is 10.9 Å². The number of esters is 4. The van der Waals surface area contributed by atoms with Crippen LogP contribution in [0.3, 0.4) is 0 Å². The number of nitrogens with one attached hydrogen (secondary N) is 4. The number of hydrogen-bond acceptors (Lipinski definition) is 17. The number of hydrogen-bond donors (Lipinski definition) is 8. The lowest BCUT2D eigenvalue weighted by atomic mass is 9.98. The molecule has 1 aliphatic heterocycles. The molecule has 1 atom stereocenters. The summed E-state index contributed by atoms with van der Waals surface area (Å²) in [6.07, 6.45) is 1.03. The molecular weight excluding hydrogens is 1040 g/mol. The number of nitrogens with two attached hydrogens (primary N) is 4. The van der Waals surface area contributed by atoms with Crippen LogP contribution in [0, 0.1) is 35.0 Å². The molecular formula is C47H59F5N12O13. The average Bonchev–Trinajstić information content (AvgIpc) is 3.40. The van der Waals surface area contributed by atoms with Crippen molar-refractivity contribution in [1.82, 2.24) is 21.7 Å². The van der Waals surface area contributed by atoms with Gasteiger partial charge in [0.2, 0.25) is 47.0 Å². The Morgan fingerprint density at radius 1 is 0.506 bits per heavy atom. The molecule has 1 fully saturated rings. The van der Waals surface area contributed by atoms with Crippen molar-refractivity contribution in [3.8, 4) is 0 Å². The summed E-state index contributed by atoms with van der Waals surface area (Å²) >= 11 is 0. The summed E-state index contributed by atoms with van der Waals surface area (Å²) in [4.78, 5) is 90.2. The number of nitrogens with zero attached hydrogens (tertiary/aromatic N) is 4. The lowest BCUT2D eigenvalue weighted by Gasteiger charge is -2.20. The highest BCUT2D eigenvalue weighted by Gasteiger charge is 2.19. The zero-order valence-electron chi connectivity index (χ0n) is 42.1. The van der Waals surface area contributed by atoms with Crippen LogP contribution in [0.2, 0.25) is 0 Å². The Kier molecular flexibility index (Phi) is 31.5. The molecule has 30 heteroatoms. The maximum atomic E-state index is 13.3. The van der Waals surface area contributed by atoms with Crippen LogP contribution in [-0.4, -0.2) is 110 Å². The molecule has 0 radical (unpaired) electrons. The molecule has 0 spiro atoms. The predicted octanol–water partition coefficient (Wildman–Crippen LogP) is 0.992. The minimum Gasteiger partial charge on any atom is -0.460 e. The van der Waals surface area contributed by atoms with Crippen LogP contribution in [0.1, 0.15) is 63.6 Å². The first-order chi connectivity index (χ1) is 36.6. The van der Waals surface area contributed by atoms with E-state index < -0.39 is 107 Å². The van der Waals surface area contributed by atoms with Gasteiger partial charge in [-0.25, -0.2) is 62.8 Å². The molecule has 1 aliphatic rings. The zero-order valence-corrected chi connectivity index (χ0v) is 42.1. The minimum absolute atomic E-state index is 0.101. The lowest BCUT2D eigenvalue weighted by Crippen LogP contribution is -2.32. The molecule has 1 unspecified atom stereocenters. The van der Waals surface area contributed by atoms with Gasteiger partial charge in [0.1, 0.15) is 17.5 Å². The van der Waals surface area contributed by atoms with Gasteiger partial charge in [0.05, 0.1) is 45.7 Å². The molecule has 12 N–H and O–H groups in total. The Morgan fingerprint density at radius 3 is 1.29 bits per heavy atom. The van der Waals surface area contributed by atoms with Crippen LogP contribution in [0.5, 0.6) is 0 Å². The second-order valence-corrected chi connectivity index (χ2v) is 14.8. The average molecular weight is 1100 g/mol. The number of benzene rings is 3. The summed E-state index contributed by atoms with van der Waals surface area (Å²) in [6.45, 7) is 8.34. The first-order valence-corrected chi connectivity index (χ1v) is 22.9. The number of halogens is 5. The van der Waals surface area contributed by atoms with Gasteiger partial charge in [-0.15, -0.1) is 20.4 Å². The summed E-state index contributed by atoms with van der Waals surface area (Å²) in [6, 6.07) is 12.6. The van der Waals surface area contributed by atoms with Gasteiger partial charge in [0.15, 0.2) is 11.6 Å². The highest BCUT2D eigenvalue weighted by atomic mass is 19.2. The highest BCUT2D eigenvalue weighted by molar-refractivity contribution is 6.36. The maximum absolute atomic E-state index is 13.3. The molecule has 3 aromatic rings. The van der Waals surface area contributed by atoms with Crippen molar-refractivity contribution in [2.45, 2.75) is 66.2 Å². The first-order valence-electron chi connectivity index (χ1n) is 22.9. The summed E-state index contributed by atoms with van der Waals surface area (Å²) in [5.41, 5.74) is 28.9. The quantitative estimate of drug-likeness (QED) is 0.0248. The maximum Gasteiger partial charge on any atom is 0.375 e. The van der Waals surface area contributed by atoms with Crippen LogP contribution >= 0.6 is 0 Å². The molecule has 4 rings (SSSR count). The molecule has 4 amide bonds. The van der Waals surface area contributed by atoms with Gasteiger partial charge in [-0.3, -0.25) is 19.2 Å². The van der Waals surface area contributed by atoms with E-state index in [-0.39, 0.29) is 61.6 Å². The third kappa shape index (κ3) is 27.1. The lowest BCUT2D eigenvalue weighted by molar-refractivity contribution is -0.136. The summed E-state index contributed by atoms with van der Waals surface area (Å²) in [5, 5.41) is 13.4. The second-order valence-electron chi connectivity index (χ2n) is 14.8. The van der Waals surface area contributed by atoms with Crippen molar-refractivity contribution < 1.29 is 84.0 Å². The fourth-order valence-corrected chi connectivity index (χ4v) is 5.42. The van der Waals surface area contributed by atoms with Crippen LogP contribution in [0.25, 0.3) is 0 Å². The minimum atomic E-state index is -1.11. The molecule has 1 saturated heterocycles. The van der Waals surface area contributed by atoms with Gasteiger partial charge in [-0.1, -0.05) is 36.4 Å². The molecule has 3 aromatic carbocycles. The van der Waals surface area contributed by atoms with Crippen LogP contribution < -0.4 is 44.6 Å². The summed E-state index contributed by atoms with van der Waals surface area (Å²) < 4.78 is 89.6. The van der Waals surface area contributed by atoms with Gasteiger partial charge < -0.3 is 46.6 Å². The standard InChI is InChI=1S/2C12H13F2N3O3.C12H14FN3O3.C11H19N3O4/c1-2-20-12(19)11(15)17-16-10(18)6-7-8(13)4-3-5-9(7)14;1-2-20-12(19)11(15)17-16-9(18)6-7-4-3-5-8(13)10(7)14;1-2-19-12(18)11(14)16-15-10(17)7-8-5-3-4-6-9(8)13;1-2-18-11(16)10(12)14-13-9(15)6-8-4-3-5-17-7-8/h2*3-5H,2,6H2,1H3,(H2,15,17)(H,16,18);3-6H,2,7H2,1H3,(H2,14,16)(H,15,17);8H,2-7H2,1H3,(H2,12,14)(H,13,15). The Bertz CT molecular complexity index is 2600. The number of carbonyl (C=O) groups excluding carboxylic acids is 8. The first kappa shape index (κ1) is 65.9. The van der Waals surface area contributed by atoms with Gasteiger partial charge in [0.25, 0.3) is 0 Å².